The number of rotatable bonds is 5. The lowest BCUT2D eigenvalue weighted by Gasteiger charge is -2.28. The quantitative estimate of drug-likeness (QED) is 0.626. The summed E-state index contributed by atoms with van der Waals surface area (Å²) in [5.41, 5.74) is 0. The van der Waals surface area contributed by atoms with Gasteiger partial charge in [-0.25, -0.2) is 4.72 Å². The van der Waals surface area contributed by atoms with E-state index in [4.69, 9.17) is 0 Å². The van der Waals surface area contributed by atoms with Crippen LogP contribution in [0.25, 0.3) is 0 Å². The Bertz CT molecular complexity index is 271. The largest absolute Gasteiger partial charge is 0.317 e. The molecule has 0 radical (unpaired) electrons. The third-order valence-electron chi connectivity index (χ3n) is 2.79. The van der Waals surface area contributed by atoms with E-state index in [2.05, 4.69) is 14.8 Å². The molecular weight excluding hydrogens is 214 g/mol. The molecule has 0 aliphatic heterocycles. The van der Waals surface area contributed by atoms with Gasteiger partial charge in [-0.05, 0) is 32.7 Å². The second-order valence-corrected chi connectivity index (χ2v) is 5.49. The second kappa shape index (κ2) is 5.79. The van der Waals surface area contributed by atoms with Crippen LogP contribution in [0.4, 0.5) is 0 Å². The molecule has 5 nitrogen and oxygen atoms in total. The summed E-state index contributed by atoms with van der Waals surface area (Å²) in [5, 5.41) is 3.22. The normalized spacial score (nSPS) is 27.9. The first kappa shape index (κ1) is 12.9. The SMILES string of the molecule is CCNS(=O)(=O)NC1CCC(NC)CC1. The molecule has 1 rings (SSSR count). The smallest absolute Gasteiger partial charge is 0.277 e. The standard InChI is InChI=1S/C9H21N3O2S/c1-3-11-15(13,14)12-9-6-4-8(10-2)5-7-9/h8-12H,3-7H2,1-2H3. The van der Waals surface area contributed by atoms with E-state index < -0.39 is 10.2 Å². The summed E-state index contributed by atoms with van der Waals surface area (Å²) in [4.78, 5) is 0. The van der Waals surface area contributed by atoms with Crippen molar-refractivity contribution >= 4 is 10.2 Å². The first-order chi connectivity index (χ1) is 7.07. The number of hydrogen-bond acceptors (Lipinski definition) is 3. The molecule has 1 saturated carbocycles. The average molecular weight is 235 g/mol. The van der Waals surface area contributed by atoms with Crippen LogP contribution in [0.2, 0.25) is 0 Å². The minimum absolute atomic E-state index is 0.0960. The zero-order chi connectivity index (χ0) is 11.3. The third-order valence-corrected chi connectivity index (χ3v) is 4.10. The lowest BCUT2D eigenvalue weighted by Crippen LogP contribution is -2.45. The molecule has 90 valence electrons. The van der Waals surface area contributed by atoms with Crippen LogP contribution < -0.4 is 14.8 Å². The van der Waals surface area contributed by atoms with Crippen LogP contribution >= 0.6 is 0 Å². The van der Waals surface area contributed by atoms with Crippen molar-refractivity contribution in [2.24, 2.45) is 0 Å². The van der Waals surface area contributed by atoms with E-state index in [0.29, 0.717) is 12.6 Å². The second-order valence-electron chi connectivity index (χ2n) is 3.96. The van der Waals surface area contributed by atoms with E-state index in [-0.39, 0.29) is 6.04 Å². The number of hydrogen-bond donors (Lipinski definition) is 3. The van der Waals surface area contributed by atoms with E-state index in [1.165, 1.54) is 0 Å². The van der Waals surface area contributed by atoms with Gasteiger partial charge in [0.15, 0.2) is 0 Å². The summed E-state index contributed by atoms with van der Waals surface area (Å²) in [5.74, 6) is 0. The van der Waals surface area contributed by atoms with Crippen molar-refractivity contribution in [2.75, 3.05) is 13.6 Å². The Hall–Kier alpha value is -0.170. The highest BCUT2D eigenvalue weighted by molar-refractivity contribution is 7.87. The van der Waals surface area contributed by atoms with Crippen molar-refractivity contribution in [1.29, 1.82) is 0 Å². The van der Waals surface area contributed by atoms with Gasteiger partial charge in [0.2, 0.25) is 0 Å². The monoisotopic (exact) mass is 235 g/mol. The van der Waals surface area contributed by atoms with Crippen LogP contribution in [-0.2, 0) is 10.2 Å². The Morgan fingerprint density at radius 2 is 1.67 bits per heavy atom. The van der Waals surface area contributed by atoms with Gasteiger partial charge in [0.05, 0.1) is 0 Å². The van der Waals surface area contributed by atoms with Crippen LogP contribution in [0, 0.1) is 0 Å². The molecule has 6 heteroatoms. The molecule has 1 aliphatic rings. The lowest BCUT2D eigenvalue weighted by atomic mass is 9.92. The summed E-state index contributed by atoms with van der Waals surface area (Å²) < 4.78 is 27.9. The molecule has 1 fully saturated rings. The molecule has 0 heterocycles. The third kappa shape index (κ3) is 4.46. The molecule has 0 aromatic rings. The summed E-state index contributed by atoms with van der Waals surface area (Å²) >= 11 is 0. The Balaban J connectivity index is 2.35. The highest BCUT2D eigenvalue weighted by atomic mass is 32.2. The molecule has 3 N–H and O–H groups in total. The zero-order valence-corrected chi connectivity index (χ0v) is 10.2. The molecule has 1 aliphatic carbocycles. The highest BCUT2D eigenvalue weighted by Gasteiger charge is 2.23. The fourth-order valence-corrected chi connectivity index (χ4v) is 3.09. The lowest BCUT2D eigenvalue weighted by molar-refractivity contribution is 0.342. The fourth-order valence-electron chi connectivity index (χ4n) is 1.95. The summed E-state index contributed by atoms with van der Waals surface area (Å²) in [6, 6.07) is 0.642. The van der Waals surface area contributed by atoms with Crippen molar-refractivity contribution < 1.29 is 8.42 Å². The molecule has 0 bridgehead atoms. The maximum Gasteiger partial charge on any atom is 0.277 e. The van der Waals surface area contributed by atoms with Gasteiger partial charge in [0.25, 0.3) is 10.2 Å². The zero-order valence-electron chi connectivity index (χ0n) is 9.41. The minimum Gasteiger partial charge on any atom is -0.317 e. The molecule has 0 unspecified atom stereocenters. The molecule has 0 saturated heterocycles. The van der Waals surface area contributed by atoms with Gasteiger partial charge in [-0.3, -0.25) is 0 Å². The maximum absolute atomic E-state index is 11.4. The Labute approximate surface area is 92.2 Å². The summed E-state index contributed by atoms with van der Waals surface area (Å²) in [6.45, 7) is 2.21. The molecule has 0 amide bonds. The van der Waals surface area contributed by atoms with E-state index in [1.54, 1.807) is 6.92 Å². The first-order valence-electron chi connectivity index (χ1n) is 5.51. The van der Waals surface area contributed by atoms with Gasteiger partial charge >= 0.3 is 0 Å². The first-order valence-corrected chi connectivity index (χ1v) is 7.00. The van der Waals surface area contributed by atoms with Crippen molar-refractivity contribution in [3.8, 4) is 0 Å². The minimum atomic E-state index is -3.28. The van der Waals surface area contributed by atoms with Crippen molar-refractivity contribution in [2.45, 2.75) is 44.7 Å². The van der Waals surface area contributed by atoms with Crippen LogP contribution in [0.1, 0.15) is 32.6 Å². The molecular formula is C9H21N3O2S. The van der Waals surface area contributed by atoms with Gasteiger partial charge in [-0.2, -0.15) is 13.1 Å². The van der Waals surface area contributed by atoms with Gasteiger partial charge in [0, 0.05) is 18.6 Å². The van der Waals surface area contributed by atoms with Gasteiger partial charge in [0.1, 0.15) is 0 Å². The summed E-state index contributed by atoms with van der Waals surface area (Å²) in [6.07, 6.45) is 3.90. The Morgan fingerprint density at radius 3 is 2.13 bits per heavy atom. The Kier molecular flexibility index (Phi) is 4.98. The molecule has 0 aromatic carbocycles. The van der Waals surface area contributed by atoms with Crippen molar-refractivity contribution in [3.63, 3.8) is 0 Å². The van der Waals surface area contributed by atoms with Crippen LogP contribution in [0.5, 0.6) is 0 Å². The molecule has 0 aromatic heterocycles. The van der Waals surface area contributed by atoms with Crippen LogP contribution in [0.15, 0.2) is 0 Å². The van der Waals surface area contributed by atoms with Crippen LogP contribution in [-0.4, -0.2) is 34.1 Å². The fraction of sp³-hybridized carbons (Fsp3) is 1.00. The maximum atomic E-state index is 11.4. The van der Waals surface area contributed by atoms with Crippen LogP contribution in [0.3, 0.4) is 0 Å². The average Bonchev–Trinajstić information content (AvgIpc) is 2.18. The molecule has 0 atom stereocenters. The molecule has 15 heavy (non-hydrogen) atoms. The van der Waals surface area contributed by atoms with E-state index in [0.717, 1.165) is 25.7 Å². The summed E-state index contributed by atoms with van der Waals surface area (Å²) in [7, 11) is -1.32. The van der Waals surface area contributed by atoms with Crippen molar-refractivity contribution in [3.05, 3.63) is 0 Å². The van der Waals surface area contributed by atoms with Crippen molar-refractivity contribution in [1.82, 2.24) is 14.8 Å². The Morgan fingerprint density at radius 1 is 1.13 bits per heavy atom. The van der Waals surface area contributed by atoms with Gasteiger partial charge < -0.3 is 5.32 Å². The van der Waals surface area contributed by atoms with Gasteiger partial charge in [-0.1, -0.05) is 6.92 Å². The van der Waals surface area contributed by atoms with Gasteiger partial charge in [-0.15, -0.1) is 0 Å². The highest BCUT2D eigenvalue weighted by Crippen LogP contribution is 2.18. The molecule has 0 spiro atoms. The predicted octanol–water partition coefficient (Wildman–Crippen LogP) is -0.0391. The topological polar surface area (TPSA) is 70.2 Å². The van der Waals surface area contributed by atoms with E-state index in [9.17, 15) is 8.42 Å². The van der Waals surface area contributed by atoms with E-state index in [1.807, 2.05) is 7.05 Å². The number of nitrogens with one attached hydrogen (secondary N) is 3. The predicted molar refractivity (Wildman–Crippen MR) is 60.8 cm³/mol. The van der Waals surface area contributed by atoms with E-state index >= 15 is 0 Å².